The fourth-order valence-corrected chi connectivity index (χ4v) is 3.83. The van der Waals surface area contributed by atoms with Crippen LogP contribution in [0.15, 0.2) is 40.9 Å². The van der Waals surface area contributed by atoms with Gasteiger partial charge in [0.05, 0.1) is 17.5 Å². The number of ether oxygens (including phenoxy) is 1. The molecule has 2 N–H and O–H groups in total. The maximum Gasteiger partial charge on any atom is 0.311 e. The molecule has 1 aliphatic rings. The van der Waals surface area contributed by atoms with Crippen molar-refractivity contribution in [1.82, 2.24) is 10.4 Å². The third-order valence-corrected chi connectivity index (χ3v) is 6.17. The number of esters is 1. The van der Waals surface area contributed by atoms with Crippen LogP contribution in [-0.4, -0.2) is 41.9 Å². The molecule has 1 saturated heterocycles. The Hall–Kier alpha value is -2.91. The molecular formula is C22H21BrClN3O5. The summed E-state index contributed by atoms with van der Waals surface area (Å²) in [5.41, 5.74) is 5.01. The van der Waals surface area contributed by atoms with E-state index < -0.39 is 36.2 Å². The minimum Gasteiger partial charge on any atom is -0.455 e. The number of halogens is 2. The van der Waals surface area contributed by atoms with Crippen molar-refractivity contribution in [3.05, 3.63) is 62.6 Å². The molecule has 3 amide bonds. The number of rotatable bonds is 6. The zero-order valence-electron chi connectivity index (χ0n) is 17.4. The molecule has 0 bridgehead atoms. The van der Waals surface area contributed by atoms with Crippen LogP contribution in [0.25, 0.3) is 0 Å². The average Bonchev–Trinajstić information content (AvgIpc) is 3.10. The first kappa shape index (κ1) is 23.7. The first-order chi connectivity index (χ1) is 15.2. The quantitative estimate of drug-likeness (QED) is 0.566. The van der Waals surface area contributed by atoms with Crippen LogP contribution >= 0.6 is 27.5 Å². The number of amides is 3. The van der Waals surface area contributed by atoms with Crippen LogP contribution in [0.5, 0.6) is 0 Å². The maximum atomic E-state index is 12.4. The van der Waals surface area contributed by atoms with Gasteiger partial charge in [0, 0.05) is 22.1 Å². The maximum absolute atomic E-state index is 12.4. The van der Waals surface area contributed by atoms with Crippen molar-refractivity contribution in [2.24, 2.45) is 5.92 Å². The van der Waals surface area contributed by atoms with Gasteiger partial charge in [-0.25, -0.2) is 0 Å². The topological polar surface area (TPSA) is 105 Å². The molecule has 0 aliphatic carbocycles. The summed E-state index contributed by atoms with van der Waals surface area (Å²) in [5, 5.41) is 4.17. The van der Waals surface area contributed by atoms with Gasteiger partial charge in [-0.15, -0.1) is 0 Å². The zero-order chi connectivity index (χ0) is 23.4. The Morgan fingerprint density at radius 1 is 1.19 bits per heavy atom. The first-order valence-electron chi connectivity index (χ1n) is 9.75. The molecule has 0 saturated carbocycles. The molecule has 1 atom stereocenters. The van der Waals surface area contributed by atoms with Crippen LogP contribution in [0.4, 0.5) is 5.69 Å². The monoisotopic (exact) mass is 521 g/mol. The van der Waals surface area contributed by atoms with Crippen molar-refractivity contribution in [2.75, 3.05) is 18.5 Å². The highest BCUT2D eigenvalue weighted by molar-refractivity contribution is 9.10. The molecule has 10 heteroatoms. The molecule has 0 unspecified atom stereocenters. The van der Waals surface area contributed by atoms with Crippen molar-refractivity contribution in [1.29, 1.82) is 0 Å². The Bertz CT molecular complexity index is 1090. The number of nitrogens with one attached hydrogen (secondary N) is 2. The lowest BCUT2D eigenvalue weighted by Gasteiger charge is -2.18. The van der Waals surface area contributed by atoms with Crippen molar-refractivity contribution >= 4 is 56.9 Å². The van der Waals surface area contributed by atoms with Crippen LogP contribution in [0.3, 0.4) is 0 Å². The zero-order valence-corrected chi connectivity index (χ0v) is 19.7. The van der Waals surface area contributed by atoms with Gasteiger partial charge in [0.25, 0.3) is 11.8 Å². The van der Waals surface area contributed by atoms with Gasteiger partial charge in [0.15, 0.2) is 6.61 Å². The number of hydrogen-bond donors (Lipinski definition) is 2. The molecule has 1 aliphatic heterocycles. The number of aryl methyl sites for hydroxylation is 2. The van der Waals surface area contributed by atoms with E-state index in [1.165, 1.54) is 0 Å². The Kier molecular flexibility index (Phi) is 7.52. The third kappa shape index (κ3) is 5.66. The van der Waals surface area contributed by atoms with Crippen LogP contribution < -0.4 is 10.7 Å². The average molecular weight is 523 g/mol. The lowest BCUT2D eigenvalue weighted by atomic mass is 10.1. The number of benzene rings is 2. The lowest BCUT2D eigenvalue weighted by molar-refractivity contribution is -0.151. The highest BCUT2D eigenvalue weighted by Gasteiger charge is 2.36. The summed E-state index contributed by atoms with van der Waals surface area (Å²) in [4.78, 5) is 49.2. The summed E-state index contributed by atoms with van der Waals surface area (Å²) < 4.78 is 5.77. The second-order valence-electron chi connectivity index (χ2n) is 7.40. The molecule has 1 heterocycles. The molecular weight excluding hydrogens is 502 g/mol. The Morgan fingerprint density at radius 3 is 2.62 bits per heavy atom. The third-order valence-electron chi connectivity index (χ3n) is 4.97. The molecule has 168 valence electrons. The molecule has 32 heavy (non-hydrogen) atoms. The summed E-state index contributed by atoms with van der Waals surface area (Å²) in [6.07, 6.45) is -0.115. The van der Waals surface area contributed by atoms with E-state index in [0.29, 0.717) is 20.7 Å². The number of hydrazine groups is 1. The van der Waals surface area contributed by atoms with Crippen LogP contribution in [-0.2, 0) is 19.1 Å². The van der Waals surface area contributed by atoms with E-state index in [9.17, 15) is 19.2 Å². The number of nitrogens with zero attached hydrogens (tertiary/aromatic N) is 1. The summed E-state index contributed by atoms with van der Waals surface area (Å²) in [7, 11) is 0. The van der Waals surface area contributed by atoms with Gasteiger partial charge in [0.1, 0.15) is 0 Å². The fraction of sp³-hybridized carbons (Fsp3) is 0.273. The van der Waals surface area contributed by atoms with E-state index >= 15 is 0 Å². The molecule has 3 rings (SSSR count). The van der Waals surface area contributed by atoms with E-state index in [-0.39, 0.29) is 13.0 Å². The number of anilines is 1. The predicted molar refractivity (Wildman–Crippen MR) is 122 cm³/mol. The van der Waals surface area contributed by atoms with Gasteiger partial charge >= 0.3 is 5.97 Å². The molecule has 2 aromatic carbocycles. The van der Waals surface area contributed by atoms with Gasteiger partial charge in [-0.3, -0.25) is 29.6 Å². The highest BCUT2D eigenvalue weighted by atomic mass is 79.9. The minimum atomic E-state index is -0.781. The molecule has 1 fully saturated rings. The van der Waals surface area contributed by atoms with Crippen LogP contribution in [0, 0.1) is 19.8 Å². The van der Waals surface area contributed by atoms with E-state index in [4.69, 9.17) is 16.3 Å². The van der Waals surface area contributed by atoms with Gasteiger partial charge in [-0.2, -0.15) is 0 Å². The normalized spacial score (nSPS) is 15.4. The van der Waals surface area contributed by atoms with Gasteiger partial charge < -0.3 is 10.1 Å². The molecule has 8 nitrogen and oxygen atoms in total. The van der Waals surface area contributed by atoms with Crippen molar-refractivity contribution in [2.45, 2.75) is 20.3 Å². The summed E-state index contributed by atoms with van der Waals surface area (Å²) in [5.74, 6) is -2.84. The van der Waals surface area contributed by atoms with Gasteiger partial charge in [-0.1, -0.05) is 29.8 Å². The molecule has 0 radical (unpaired) electrons. The largest absolute Gasteiger partial charge is 0.455 e. The van der Waals surface area contributed by atoms with E-state index in [0.717, 1.165) is 16.1 Å². The number of carbonyl (C=O) groups is 4. The number of hydrogen-bond acceptors (Lipinski definition) is 5. The minimum absolute atomic E-state index is 0.0294. The van der Waals surface area contributed by atoms with Gasteiger partial charge in [-0.05, 0) is 59.1 Å². The van der Waals surface area contributed by atoms with Crippen molar-refractivity contribution in [3.8, 4) is 0 Å². The van der Waals surface area contributed by atoms with Crippen LogP contribution in [0.1, 0.15) is 27.9 Å². The Morgan fingerprint density at radius 2 is 1.91 bits per heavy atom. The van der Waals surface area contributed by atoms with Crippen molar-refractivity contribution in [3.63, 3.8) is 0 Å². The van der Waals surface area contributed by atoms with Gasteiger partial charge in [0.2, 0.25) is 5.91 Å². The van der Waals surface area contributed by atoms with E-state index in [1.54, 1.807) is 44.2 Å². The summed E-state index contributed by atoms with van der Waals surface area (Å²) in [6.45, 7) is 3.05. The summed E-state index contributed by atoms with van der Waals surface area (Å²) >= 11 is 9.35. The molecule has 0 spiro atoms. The standard InChI is InChI=1S/C22H21BrClN3O5/c1-12-5-3-4-6-15(12)21(30)26-27-10-14(8-20(27)29)22(31)32-11-19(28)25-18-9-17(24)16(23)7-13(18)2/h3-7,9,14H,8,10-11H2,1-2H3,(H,25,28)(H,26,30)/t14-/m0/s1. The van der Waals surface area contributed by atoms with E-state index in [2.05, 4.69) is 26.7 Å². The Labute approximate surface area is 198 Å². The second kappa shape index (κ2) is 10.1. The lowest BCUT2D eigenvalue weighted by Crippen LogP contribution is -2.43. The highest BCUT2D eigenvalue weighted by Crippen LogP contribution is 2.29. The smallest absolute Gasteiger partial charge is 0.311 e. The number of carbonyl (C=O) groups excluding carboxylic acids is 4. The first-order valence-corrected chi connectivity index (χ1v) is 10.9. The summed E-state index contributed by atoms with van der Waals surface area (Å²) in [6, 6.07) is 10.3. The molecule has 2 aromatic rings. The van der Waals surface area contributed by atoms with E-state index in [1.807, 2.05) is 6.07 Å². The second-order valence-corrected chi connectivity index (χ2v) is 8.66. The fourth-order valence-electron chi connectivity index (χ4n) is 3.21. The van der Waals surface area contributed by atoms with Crippen LogP contribution in [0.2, 0.25) is 5.02 Å². The Balaban J connectivity index is 1.51. The van der Waals surface area contributed by atoms with Crippen molar-refractivity contribution < 1.29 is 23.9 Å². The SMILES string of the molecule is Cc1cc(Br)c(Cl)cc1NC(=O)COC(=O)[C@H]1CC(=O)N(NC(=O)c2ccccc2C)C1. The predicted octanol–water partition coefficient (Wildman–Crippen LogP) is 3.39. The molecule has 0 aromatic heterocycles.